The summed E-state index contributed by atoms with van der Waals surface area (Å²) in [7, 11) is 0. The number of halogens is 1. The van der Waals surface area contributed by atoms with Gasteiger partial charge >= 0.3 is 0 Å². The summed E-state index contributed by atoms with van der Waals surface area (Å²) < 4.78 is 1.84. The van der Waals surface area contributed by atoms with Gasteiger partial charge in [0.1, 0.15) is 6.33 Å². The normalized spacial score (nSPS) is 11.1. The number of hydrogen-bond acceptors (Lipinski definition) is 4. The van der Waals surface area contributed by atoms with Crippen LogP contribution in [0.3, 0.4) is 0 Å². The second-order valence-electron chi connectivity index (χ2n) is 6.41. The van der Waals surface area contributed by atoms with E-state index < -0.39 is 0 Å². The van der Waals surface area contributed by atoms with Crippen LogP contribution < -0.4 is 0 Å². The second-order valence-corrected chi connectivity index (χ2v) is 7.76. The Morgan fingerprint density at radius 2 is 1.92 bits per heavy atom. The number of benzene rings is 2. The Balaban J connectivity index is 1.71. The third-order valence-corrected chi connectivity index (χ3v) is 5.53. The van der Waals surface area contributed by atoms with Crippen LogP contribution >= 0.6 is 23.4 Å². The fourth-order valence-electron chi connectivity index (χ4n) is 2.50. The Morgan fingerprint density at radius 3 is 2.58 bits per heavy atom. The molecular weight excluding hydrogens is 366 g/mol. The number of aromatic nitrogens is 3. The van der Waals surface area contributed by atoms with E-state index in [1.807, 2.05) is 54.0 Å². The molecular formula is C20H20ClN3OS. The molecule has 0 amide bonds. The van der Waals surface area contributed by atoms with Gasteiger partial charge < -0.3 is 0 Å². The van der Waals surface area contributed by atoms with Gasteiger partial charge in [-0.2, -0.15) is 0 Å². The van der Waals surface area contributed by atoms with Crippen molar-refractivity contribution < 1.29 is 4.79 Å². The Hall–Kier alpha value is -2.11. The van der Waals surface area contributed by atoms with Crippen molar-refractivity contribution in [2.75, 3.05) is 5.75 Å². The largest absolute Gasteiger partial charge is 0.293 e. The van der Waals surface area contributed by atoms with E-state index in [0.29, 0.717) is 27.4 Å². The first-order valence-corrected chi connectivity index (χ1v) is 9.74. The van der Waals surface area contributed by atoms with Crippen LogP contribution in [0.25, 0.3) is 5.69 Å². The molecule has 3 rings (SSSR count). The standard InChI is InChI=1S/C20H20ClN3OS/c1-13(2)15-5-7-16(8-6-15)19(25)11-26-20-23-22-12-24(20)17-9-4-14(3)18(21)10-17/h4-10,12-13H,11H2,1-3H3. The van der Waals surface area contributed by atoms with Crippen LogP contribution in [0.2, 0.25) is 5.02 Å². The van der Waals surface area contributed by atoms with E-state index >= 15 is 0 Å². The van der Waals surface area contributed by atoms with Gasteiger partial charge in [-0.25, -0.2) is 0 Å². The van der Waals surface area contributed by atoms with E-state index in [-0.39, 0.29) is 5.78 Å². The fourth-order valence-corrected chi connectivity index (χ4v) is 3.50. The maximum atomic E-state index is 12.5. The first kappa shape index (κ1) is 18.7. The SMILES string of the molecule is Cc1ccc(-n2cnnc2SCC(=O)c2ccc(C(C)C)cc2)cc1Cl. The molecule has 0 aliphatic rings. The van der Waals surface area contributed by atoms with Crippen LogP contribution in [0.15, 0.2) is 53.9 Å². The zero-order valence-corrected chi connectivity index (χ0v) is 16.5. The fraction of sp³-hybridized carbons (Fsp3) is 0.250. The van der Waals surface area contributed by atoms with Gasteiger partial charge in [-0.15, -0.1) is 10.2 Å². The molecule has 0 aliphatic carbocycles. The molecule has 0 radical (unpaired) electrons. The summed E-state index contributed by atoms with van der Waals surface area (Å²) in [6.07, 6.45) is 1.63. The molecule has 134 valence electrons. The summed E-state index contributed by atoms with van der Waals surface area (Å²) in [6.45, 7) is 6.23. The number of thioether (sulfide) groups is 1. The highest BCUT2D eigenvalue weighted by molar-refractivity contribution is 7.99. The number of ketones is 1. The van der Waals surface area contributed by atoms with Gasteiger partial charge in [-0.05, 0) is 36.1 Å². The highest BCUT2D eigenvalue weighted by Crippen LogP contribution is 2.24. The molecule has 4 nitrogen and oxygen atoms in total. The molecule has 0 bridgehead atoms. The summed E-state index contributed by atoms with van der Waals surface area (Å²) in [4.78, 5) is 12.5. The summed E-state index contributed by atoms with van der Waals surface area (Å²) in [6, 6.07) is 13.6. The van der Waals surface area contributed by atoms with Crippen LogP contribution in [0.4, 0.5) is 0 Å². The van der Waals surface area contributed by atoms with Gasteiger partial charge in [-0.1, -0.05) is 67.5 Å². The minimum absolute atomic E-state index is 0.0711. The Bertz CT molecular complexity index is 919. The van der Waals surface area contributed by atoms with Crippen molar-refractivity contribution in [3.63, 3.8) is 0 Å². The lowest BCUT2D eigenvalue weighted by Crippen LogP contribution is -2.04. The highest BCUT2D eigenvalue weighted by Gasteiger charge is 2.12. The first-order valence-electron chi connectivity index (χ1n) is 8.38. The third kappa shape index (κ3) is 4.17. The van der Waals surface area contributed by atoms with Gasteiger partial charge in [0.15, 0.2) is 10.9 Å². The van der Waals surface area contributed by atoms with Gasteiger partial charge in [0.25, 0.3) is 0 Å². The number of carbonyl (C=O) groups is 1. The van der Waals surface area contributed by atoms with E-state index in [2.05, 4.69) is 24.0 Å². The number of aryl methyl sites for hydroxylation is 1. The minimum atomic E-state index is 0.0711. The maximum Gasteiger partial charge on any atom is 0.196 e. The number of rotatable bonds is 6. The molecule has 0 atom stereocenters. The number of carbonyl (C=O) groups excluding carboxylic acids is 1. The molecule has 0 saturated carbocycles. The van der Waals surface area contributed by atoms with Crippen LogP contribution in [0, 0.1) is 6.92 Å². The van der Waals surface area contributed by atoms with Crippen LogP contribution in [-0.2, 0) is 0 Å². The lowest BCUT2D eigenvalue weighted by atomic mass is 10.0. The van der Waals surface area contributed by atoms with E-state index in [1.165, 1.54) is 17.3 Å². The summed E-state index contributed by atoms with van der Waals surface area (Å²) >= 11 is 7.58. The average molecular weight is 386 g/mol. The average Bonchev–Trinajstić information content (AvgIpc) is 3.10. The predicted octanol–water partition coefficient (Wildman–Crippen LogP) is 5.33. The second kappa shape index (κ2) is 8.06. The van der Waals surface area contributed by atoms with Gasteiger partial charge in [0.05, 0.1) is 11.4 Å². The molecule has 0 spiro atoms. The highest BCUT2D eigenvalue weighted by atomic mass is 35.5. The molecule has 0 unspecified atom stereocenters. The predicted molar refractivity (Wildman–Crippen MR) is 107 cm³/mol. The van der Waals surface area contributed by atoms with Crippen molar-refractivity contribution in [2.45, 2.75) is 31.8 Å². The molecule has 6 heteroatoms. The summed E-state index contributed by atoms with van der Waals surface area (Å²) in [5.74, 6) is 0.828. The molecule has 3 aromatic rings. The number of hydrogen-bond donors (Lipinski definition) is 0. The van der Waals surface area contributed by atoms with E-state index in [4.69, 9.17) is 11.6 Å². The zero-order valence-electron chi connectivity index (χ0n) is 14.9. The molecule has 0 N–H and O–H groups in total. The van der Waals surface area contributed by atoms with Crippen LogP contribution in [-0.4, -0.2) is 26.3 Å². The molecule has 1 heterocycles. The van der Waals surface area contributed by atoms with E-state index in [1.54, 1.807) is 6.33 Å². The quantitative estimate of drug-likeness (QED) is 0.425. The number of nitrogens with zero attached hydrogens (tertiary/aromatic N) is 3. The van der Waals surface area contributed by atoms with Gasteiger partial charge in [0.2, 0.25) is 0 Å². The van der Waals surface area contributed by atoms with E-state index in [9.17, 15) is 4.79 Å². The molecule has 1 aromatic heterocycles. The Morgan fingerprint density at radius 1 is 1.19 bits per heavy atom. The zero-order chi connectivity index (χ0) is 18.7. The number of Topliss-reactive ketones (excluding diaryl/α,β-unsaturated/α-hetero) is 1. The molecule has 2 aromatic carbocycles. The minimum Gasteiger partial charge on any atom is -0.293 e. The lowest BCUT2D eigenvalue weighted by molar-refractivity contribution is 0.102. The van der Waals surface area contributed by atoms with Gasteiger partial charge in [-0.3, -0.25) is 9.36 Å². The topological polar surface area (TPSA) is 47.8 Å². The molecule has 26 heavy (non-hydrogen) atoms. The monoisotopic (exact) mass is 385 g/mol. The smallest absolute Gasteiger partial charge is 0.196 e. The lowest BCUT2D eigenvalue weighted by Gasteiger charge is -2.08. The maximum absolute atomic E-state index is 12.5. The van der Waals surface area contributed by atoms with Crippen molar-refractivity contribution in [1.82, 2.24) is 14.8 Å². The van der Waals surface area contributed by atoms with Crippen LogP contribution in [0.5, 0.6) is 0 Å². The van der Waals surface area contributed by atoms with Crippen molar-refractivity contribution in [3.8, 4) is 5.69 Å². The van der Waals surface area contributed by atoms with Crippen molar-refractivity contribution >= 4 is 29.1 Å². The molecule has 0 fully saturated rings. The summed E-state index contributed by atoms with van der Waals surface area (Å²) in [5, 5.41) is 9.45. The Kier molecular flexibility index (Phi) is 5.79. The summed E-state index contributed by atoms with van der Waals surface area (Å²) in [5.41, 5.74) is 3.83. The van der Waals surface area contributed by atoms with Crippen molar-refractivity contribution in [3.05, 3.63) is 70.5 Å². The Labute approximate surface area is 162 Å². The molecule has 0 aliphatic heterocycles. The van der Waals surface area contributed by atoms with Crippen molar-refractivity contribution in [2.24, 2.45) is 0 Å². The van der Waals surface area contributed by atoms with Crippen molar-refractivity contribution in [1.29, 1.82) is 0 Å². The first-order chi connectivity index (χ1) is 12.5. The van der Waals surface area contributed by atoms with E-state index in [0.717, 1.165) is 11.3 Å². The van der Waals surface area contributed by atoms with Gasteiger partial charge in [0, 0.05) is 10.6 Å². The van der Waals surface area contributed by atoms with Crippen LogP contribution in [0.1, 0.15) is 41.3 Å². The molecule has 0 saturated heterocycles. The third-order valence-electron chi connectivity index (χ3n) is 4.18.